The van der Waals surface area contributed by atoms with E-state index >= 15 is 0 Å². The molecule has 2 fully saturated rings. The Hall–Kier alpha value is -2.41. The van der Waals surface area contributed by atoms with E-state index in [1.165, 1.54) is 12.8 Å². The molecule has 1 aliphatic carbocycles. The molecule has 3 heterocycles. The number of hydrogen-bond donors (Lipinski definition) is 0. The van der Waals surface area contributed by atoms with Crippen LogP contribution < -0.4 is 15.4 Å². The first-order valence-electron chi connectivity index (χ1n) is 10.2. The van der Waals surface area contributed by atoms with Crippen molar-refractivity contribution >= 4 is 11.6 Å². The van der Waals surface area contributed by atoms with E-state index in [2.05, 4.69) is 25.8 Å². The molecule has 0 amide bonds. The number of piperidine rings is 1. The minimum absolute atomic E-state index is 0.0627. The summed E-state index contributed by atoms with van der Waals surface area (Å²) in [6, 6.07) is 7.07. The van der Waals surface area contributed by atoms with Crippen LogP contribution >= 0.6 is 0 Å². The topological polar surface area (TPSA) is 57.5 Å². The van der Waals surface area contributed by atoms with E-state index in [0.717, 1.165) is 49.7 Å². The Morgan fingerprint density at radius 3 is 2.36 bits per heavy atom. The number of likely N-dealkylation sites (tertiary alicyclic amines) is 1. The minimum atomic E-state index is 0.0627. The highest BCUT2D eigenvalue weighted by Gasteiger charge is 2.36. The Labute approximate surface area is 166 Å². The summed E-state index contributed by atoms with van der Waals surface area (Å²) in [6.45, 7) is 2.95. The van der Waals surface area contributed by atoms with Crippen LogP contribution in [-0.2, 0) is 13.6 Å². The number of anilines is 2. The Bertz CT molecular complexity index is 867. The molecule has 0 spiro atoms. The van der Waals surface area contributed by atoms with E-state index in [1.807, 2.05) is 31.3 Å². The standard InChI is InChI=1S/C21H30N6O/c1-24(2)19-13-20(23-15-22-19)27(17-4-5-17)18-7-10-26(11-8-18)14-16-6-9-25(3)21(28)12-16/h6,9,12-13,15,17-18H,4-5,7-8,10-11,14H2,1-3H3. The highest BCUT2D eigenvalue weighted by molar-refractivity contribution is 5.51. The molecule has 2 aromatic rings. The zero-order valence-electron chi connectivity index (χ0n) is 17.1. The van der Waals surface area contributed by atoms with Crippen molar-refractivity contribution in [1.29, 1.82) is 0 Å². The predicted molar refractivity (Wildman–Crippen MR) is 112 cm³/mol. The molecule has 0 unspecified atom stereocenters. The first kappa shape index (κ1) is 18.9. The molecule has 7 heteroatoms. The zero-order valence-corrected chi connectivity index (χ0v) is 17.1. The number of hydrogen-bond acceptors (Lipinski definition) is 6. The van der Waals surface area contributed by atoms with E-state index in [4.69, 9.17) is 0 Å². The van der Waals surface area contributed by atoms with Crippen molar-refractivity contribution in [2.24, 2.45) is 7.05 Å². The van der Waals surface area contributed by atoms with Gasteiger partial charge in [0.2, 0.25) is 0 Å². The second-order valence-corrected chi connectivity index (χ2v) is 8.26. The molecule has 1 aliphatic heterocycles. The van der Waals surface area contributed by atoms with Crippen molar-refractivity contribution in [3.63, 3.8) is 0 Å². The smallest absolute Gasteiger partial charge is 0.250 e. The van der Waals surface area contributed by atoms with Crippen molar-refractivity contribution in [2.45, 2.75) is 44.3 Å². The van der Waals surface area contributed by atoms with Gasteiger partial charge >= 0.3 is 0 Å². The van der Waals surface area contributed by atoms with Gasteiger partial charge in [-0.1, -0.05) is 0 Å². The molecule has 150 valence electrons. The number of aromatic nitrogens is 3. The zero-order chi connectivity index (χ0) is 19.7. The normalized spacial score (nSPS) is 18.2. The van der Waals surface area contributed by atoms with Gasteiger partial charge in [-0.2, -0.15) is 0 Å². The van der Waals surface area contributed by atoms with Crippen LogP contribution in [0.1, 0.15) is 31.2 Å². The first-order valence-corrected chi connectivity index (χ1v) is 10.2. The SMILES string of the molecule is CN(C)c1cc(N(C2CC2)C2CCN(Cc3ccn(C)c(=O)c3)CC2)ncn1. The summed E-state index contributed by atoms with van der Waals surface area (Å²) in [5.74, 6) is 2.02. The Morgan fingerprint density at radius 1 is 1.04 bits per heavy atom. The molecule has 2 aliphatic rings. The van der Waals surface area contributed by atoms with Gasteiger partial charge in [0.05, 0.1) is 0 Å². The molecule has 0 radical (unpaired) electrons. The van der Waals surface area contributed by atoms with Crippen LogP contribution in [0.5, 0.6) is 0 Å². The molecule has 0 N–H and O–H groups in total. The molecule has 28 heavy (non-hydrogen) atoms. The average Bonchev–Trinajstić information content (AvgIpc) is 3.52. The van der Waals surface area contributed by atoms with Crippen LogP contribution in [0.4, 0.5) is 11.6 Å². The molecular weight excluding hydrogens is 352 g/mol. The number of nitrogens with zero attached hydrogens (tertiary/aromatic N) is 6. The lowest BCUT2D eigenvalue weighted by atomic mass is 10.0. The molecule has 0 aromatic carbocycles. The summed E-state index contributed by atoms with van der Waals surface area (Å²) < 4.78 is 1.62. The van der Waals surface area contributed by atoms with Crippen molar-refractivity contribution in [3.05, 3.63) is 46.6 Å². The van der Waals surface area contributed by atoms with Crippen molar-refractivity contribution in [2.75, 3.05) is 37.0 Å². The maximum absolute atomic E-state index is 11.9. The van der Waals surface area contributed by atoms with E-state index in [9.17, 15) is 4.79 Å². The fraction of sp³-hybridized carbons (Fsp3) is 0.571. The monoisotopic (exact) mass is 382 g/mol. The lowest BCUT2D eigenvalue weighted by Crippen LogP contribution is -2.46. The molecular formula is C21H30N6O. The molecule has 0 atom stereocenters. The summed E-state index contributed by atoms with van der Waals surface area (Å²) in [5, 5.41) is 0. The fourth-order valence-corrected chi connectivity index (χ4v) is 4.05. The van der Waals surface area contributed by atoms with Gasteiger partial charge in [-0.3, -0.25) is 9.69 Å². The van der Waals surface area contributed by atoms with Gasteiger partial charge in [0, 0.05) is 71.2 Å². The Morgan fingerprint density at radius 2 is 1.71 bits per heavy atom. The van der Waals surface area contributed by atoms with Gasteiger partial charge in [0.25, 0.3) is 5.56 Å². The van der Waals surface area contributed by atoms with Crippen molar-refractivity contribution < 1.29 is 0 Å². The Kier molecular flexibility index (Phi) is 5.35. The second-order valence-electron chi connectivity index (χ2n) is 8.26. The lowest BCUT2D eigenvalue weighted by Gasteiger charge is -2.39. The third-order valence-electron chi connectivity index (χ3n) is 5.83. The third kappa shape index (κ3) is 4.19. The third-order valence-corrected chi connectivity index (χ3v) is 5.83. The number of aryl methyl sites for hydroxylation is 1. The maximum atomic E-state index is 11.9. The van der Waals surface area contributed by atoms with E-state index in [0.29, 0.717) is 12.1 Å². The van der Waals surface area contributed by atoms with Gasteiger partial charge in [-0.25, -0.2) is 9.97 Å². The Balaban J connectivity index is 1.42. The maximum Gasteiger partial charge on any atom is 0.250 e. The summed E-state index contributed by atoms with van der Waals surface area (Å²) in [5.41, 5.74) is 1.17. The molecule has 0 bridgehead atoms. The lowest BCUT2D eigenvalue weighted by molar-refractivity contribution is 0.200. The minimum Gasteiger partial charge on any atom is -0.363 e. The highest BCUT2D eigenvalue weighted by Crippen LogP contribution is 2.36. The quantitative estimate of drug-likeness (QED) is 0.760. The molecule has 1 saturated heterocycles. The van der Waals surface area contributed by atoms with Crippen molar-refractivity contribution in [3.8, 4) is 0 Å². The van der Waals surface area contributed by atoms with Crippen LogP contribution in [0.15, 0.2) is 35.5 Å². The summed E-state index contributed by atoms with van der Waals surface area (Å²) in [7, 11) is 5.82. The summed E-state index contributed by atoms with van der Waals surface area (Å²) in [4.78, 5) is 27.9. The van der Waals surface area contributed by atoms with Crippen LogP contribution in [0.3, 0.4) is 0 Å². The first-order chi connectivity index (χ1) is 13.5. The molecule has 7 nitrogen and oxygen atoms in total. The predicted octanol–water partition coefficient (Wildman–Crippen LogP) is 1.87. The van der Waals surface area contributed by atoms with Crippen LogP contribution in [0, 0.1) is 0 Å². The molecule has 2 aromatic heterocycles. The van der Waals surface area contributed by atoms with Gasteiger partial charge in [-0.15, -0.1) is 0 Å². The summed E-state index contributed by atoms with van der Waals surface area (Å²) in [6.07, 6.45) is 8.32. The molecule has 1 saturated carbocycles. The van der Waals surface area contributed by atoms with E-state index in [-0.39, 0.29) is 5.56 Å². The number of rotatable bonds is 6. The van der Waals surface area contributed by atoms with Gasteiger partial charge in [-0.05, 0) is 37.3 Å². The van der Waals surface area contributed by atoms with Crippen molar-refractivity contribution in [1.82, 2.24) is 19.4 Å². The van der Waals surface area contributed by atoms with Gasteiger partial charge < -0.3 is 14.4 Å². The van der Waals surface area contributed by atoms with E-state index < -0.39 is 0 Å². The van der Waals surface area contributed by atoms with Gasteiger partial charge in [0.1, 0.15) is 18.0 Å². The average molecular weight is 383 g/mol. The van der Waals surface area contributed by atoms with Crippen LogP contribution in [0.25, 0.3) is 0 Å². The molecule has 4 rings (SSSR count). The largest absolute Gasteiger partial charge is 0.363 e. The van der Waals surface area contributed by atoms with Crippen LogP contribution in [-0.4, -0.2) is 58.7 Å². The van der Waals surface area contributed by atoms with Gasteiger partial charge in [0.15, 0.2) is 0 Å². The fourth-order valence-electron chi connectivity index (χ4n) is 4.05. The summed E-state index contributed by atoms with van der Waals surface area (Å²) >= 11 is 0. The number of pyridine rings is 1. The second kappa shape index (κ2) is 7.91. The van der Waals surface area contributed by atoms with Crippen LogP contribution in [0.2, 0.25) is 0 Å². The highest BCUT2D eigenvalue weighted by atomic mass is 16.1. The van der Waals surface area contributed by atoms with E-state index in [1.54, 1.807) is 24.0 Å².